The summed E-state index contributed by atoms with van der Waals surface area (Å²) in [5.41, 5.74) is 0. The first-order chi connectivity index (χ1) is 3.41. The molecule has 0 aliphatic heterocycles. The van der Waals surface area contributed by atoms with E-state index >= 15 is 0 Å². The van der Waals surface area contributed by atoms with Gasteiger partial charge < -0.3 is 0 Å². The molecule has 1 nitrogen and oxygen atoms in total. The zero-order chi connectivity index (χ0) is 5.54. The number of nitrogens with zero attached hydrogens (tertiary/aromatic N) is 1. The summed E-state index contributed by atoms with van der Waals surface area (Å²) in [6.45, 7) is 10.3. The summed E-state index contributed by atoms with van der Waals surface area (Å²) in [5.74, 6) is 0. The van der Waals surface area contributed by atoms with Crippen LogP contribution in [0.4, 0.5) is 0 Å². The van der Waals surface area contributed by atoms with Crippen molar-refractivity contribution in [2.45, 2.75) is 0 Å². The molecule has 0 aromatic carbocycles. The van der Waals surface area contributed by atoms with Crippen LogP contribution in [0.25, 0.3) is 0 Å². The first-order valence-corrected chi connectivity index (χ1v) is 2.17. The van der Waals surface area contributed by atoms with E-state index in [-0.39, 0.29) is 0 Å². The van der Waals surface area contributed by atoms with Crippen LogP contribution in [-0.4, -0.2) is 41.6 Å². The Morgan fingerprint density at radius 1 is 1.57 bits per heavy atom. The minimum atomic E-state index is 1.64. The molecule has 0 radical (unpaired) electrons. The van der Waals surface area contributed by atoms with Crippen LogP contribution in [0.15, 0.2) is 4.81 Å². The topological polar surface area (TPSA) is 12.4 Å². The van der Waals surface area contributed by atoms with Crippen LogP contribution >= 0.6 is 0 Å². The van der Waals surface area contributed by atoms with Crippen LogP contribution in [0.3, 0.4) is 0 Å². The Morgan fingerprint density at radius 2 is 2.29 bits per heavy atom. The molecule has 0 saturated heterocycles. The average Bonchev–Trinajstić information content (AvgIpc) is 1.69. The monoisotopic (exact) mass is 85.1 g/mol. The third-order valence-corrected chi connectivity index (χ3v) is 0.427. The Morgan fingerprint density at radius 3 is 2.71 bits per heavy atom. The van der Waals surface area contributed by atoms with Gasteiger partial charge in [-0.3, -0.25) is 0 Å². The molecule has 0 spiro atoms. The van der Waals surface area contributed by atoms with Crippen LogP contribution in [0.5, 0.6) is 0 Å². The van der Waals surface area contributed by atoms with E-state index in [0.29, 0.717) is 0 Å². The zero-order valence-corrected chi connectivity index (χ0v) is 4.46. The van der Waals surface area contributed by atoms with Gasteiger partial charge in [0.2, 0.25) is 0 Å². The number of rotatable bonds is 2. The molecule has 0 fully saturated rings. The summed E-state index contributed by atoms with van der Waals surface area (Å²) >= 11 is 0. The van der Waals surface area contributed by atoms with Gasteiger partial charge in [-0.1, -0.05) is 0 Å². The van der Waals surface area contributed by atoms with Crippen molar-refractivity contribution in [3.8, 4) is 0 Å². The Hall–Kier alpha value is -0.00532. The van der Waals surface area contributed by atoms with Crippen molar-refractivity contribution in [2.75, 3.05) is 0 Å². The van der Waals surface area contributed by atoms with Crippen molar-refractivity contribution in [3.63, 3.8) is 0 Å². The molecular formula is CH4B5N. The van der Waals surface area contributed by atoms with E-state index in [9.17, 15) is 0 Å². The molecule has 6 heteroatoms. The third-order valence-electron chi connectivity index (χ3n) is 0.427. The maximum atomic E-state index is 3.78. The molecule has 0 aromatic rings. The zero-order valence-electron chi connectivity index (χ0n) is 4.46. The van der Waals surface area contributed by atoms with Gasteiger partial charge in [0.25, 0.3) is 0 Å². The molecule has 0 saturated carbocycles. The Labute approximate surface area is 47.3 Å². The van der Waals surface area contributed by atoms with E-state index in [4.69, 9.17) is 0 Å². The molecular weight excluding hydrogens is 80.1 g/mol. The van der Waals surface area contributed by atoms with Gasteiger partial charge in [0.15, 0.2) is 0 Å². The van der Waals surface area contributed by atoms with E-state index in [2.05, 4.69) is 11.3 Å². The van der Waals surface area contributed by atoms with Crippen LogP contribution in [-0.2, 0) is 0 Å². The van der Waals surface area contributed by atoms with Crippen LogP contribution < -0.4 is 0 Å². The number of hydrogen-bond donors (Lipinski definition) is 0. The molecule has 0 rings (SSSR count). The number of hydrogen-bond acceptors (Lipinski definition) is 1. The van der Waals surface area contributed by atoms with E-state index < -0.39 is 0 Å². The van der Waals surface area contributed by atoms with Gasteiger partial charge in [-0.15, -0.1) is 0 Å². The predicted octanol–water partition coefficient (Wildman–Crippen LogP) is -2.29. The SMILES string of the molecule is BB=BN=BB=C. The van der Waals surface area contributed by atoms with Gasteiger partial charge in [-0.2, -0.15) is 0 Å². The van der Waals surface area contributed by atoms with Crippen molar-refractivity contribution in [3.05, 3.63) is 0 Å². The summed E-state index contributed by atoms with van der Waals surface area (Å²) in [4.78, 5) is 3.78. The standard InChI is InChI=1S/CH4B5N/c1-3-5-7-6-4-2/h1-2H2. The van der Waals surface area contributed by atoms with Gasteiger partial charge in [-0.25, -0.2) is 0 Å². The molecule has 0 atom stereocenters. The van der Waals surface area contributed by atoms with Gasteiger partial charge >= 0.3 is 46.4 Å². The Kier molecular flexibility index (Phi) is 5.99. The molecule has 0 bridgehead atoms. The van der Waals surface area contributed by atoms with Crippen LogP contribution in [0, 0.1) is 0 Å². The molecule has 0 unspecified atom stereocenters. The average molecular weight is 84.1 g/mol. The van der Waals surface area contributed by atoms with Crippen LogP contribution in [0.1, 0.15) is 0 Å². The Bertz CT molecular complexity index is 94.3. The molecule has 0 N–H and O–H groups in total. The first-order valence-electron chi connectivity index (χ1n) is 2.17. The summed E-state index contributed by atoms with van der Waals surface area (Å²) in [5, 5.41) is 0. The fourth-order valence-corrected chi connectivity index (χ4v) is 0.197. The second kappa shape index (κ2) is 5.99. The molecule has 7 heavy (non-hydrogen) atoms. The van der Waals surface area contributed by atoms with E-state index in [1.54, 1.807) is 20.7 Å². The predicted molar refractivity (Wildman–Crippen MR) is 41.1 cm³/mol. The summed E-state index contributed by atoms with van der Waals surface area (Å²) in [6.07, 6.45) is 0. The second-order valence-corrected chi connectivity index (χ2v) is 1.02. The molecule has 0 aliphatic rings. The third kappa shape index (κ3) is 5.99. The molecule has 0 amide bonds. The fourth-order valence-electron chi connectivity index (χ4n) is 0.197. The molecule has 0 aliphatic carbocycles. The van der Waals surface area contributed by atoms with E-state index in [1.807, 2.05) is 14.4 Å². The summed E-state index contributed by atoms with van der Waals surface area (Å²) in [6, 6.07) is 0. The normalized spacial score (nSPS) is 6.86. The van der Waals surface area contributed by atoms with Crippen molar-refractivity contribution in [1.82, 2.24) is 0 Å². The second-order valence-electron chi connectivity index (χ2n) is 1.02. The van der Waals surface area contributed by atoms with Gasteiger partial charge in [0.05, 0.1) is 0 Å². The minimum absolute atomic E-state index is 1.64. The van der Waals surface area contributed by atoms with Gasteiger partial charge in [-0.05, 0) is 0 Å². The molecule has 28 valence electrons. The van der Waals surface area contributed by atoms with Crippen molar-refractivity contribution < 1.29 is 0 Å². The van der Waals surface area contributed by atoms with Crippen molar-refractivity contribution in [1.29, 1.82) is 0 Å². The van der Waals surface area contributed by atoms with Gasteiger partial charge in [0, 0.05) is 0 Å². The van der Waals surface area contributed by atoms with Crippen molar-refractivity contribution in [2.24, 2.45) is 4.81 Å². The summed E-state index contributed by atoms with van der Waals surface area (Å²) in [7, 11) is 1.92. The molecule has 0 aromatic heterocycles. The maximum absolute atomic E-state index is 3.78. The van der Waals surface area contributed by atoms with Gasteiger partial charge in [0.1, 0.15) is 0 Å². The quantitative estimate of drug-likeness (QED) is 0.334. The van der Waals surface area contributed by atoms with E-state index in [1.165, 1.54) is 0 Å². The summed E-state index contributed by atoms with van der Waals surface area (Å²) < 4.78 is 0. The first kappa shape index (κ1) is 6.99. The molecule has 0 heterocycles. The van der Waals surface area contributed by atoms with E-state index in [0.717, 1.165) is 0 Å². The fraction of sp³-hybridized carbons (Fsp3) is 0. The Balaban J connectivity index is 3.27. The van der Waals surface area contributed by atoms with Crippen molar-refractivity contribution >= 4 is 41.6 Å². The van der Waals surface area contributed by atoms with Crippen LogP contribution in [0.2, 0.25) is 0 Å².